The molecule has 63 heavy (non-hydrogen) atoms. The Morgan fingerprint density at radius 2 is 0.794 bits per heavy atom. The average molecular weight is 805 g/mol. The molecule has 0 amide bonds. The minimum atomic E-state index is 0.610. The first-order valence-electron chi connectivity index (χ1n) is 21.1. The molecule has 0 saturated carbocycles. The van der Waals surface area contributed by atoms with E-state index in [0.29, 0.717) is 17.5 Å². The van der Waals surface area contributed by atoms with Gasteiger partial charge in [0.25, 0.3) is 0 Å². The van der Waals surface area contributed by atoms with Crippen molar-refractivity contribution in [2.45, 2.75) is 0 Å². The van der Waals surface area contributed by atoms with E-state index in [1.807, 2.05) is 36.5 Å². The van der Waals surface area contributed by atoms with Gasteiger partial charge in [0.1, 0.15) is 5.65 Å². The van der Waals surface area contributed by atoms with Crippen LogP contribution in [0.15, 0.2) is 219 Å². The lowest BCUT2D eigenvalue weighted by Gasteiger charge is -2.12. The summed E-state index contributed by atoms with van der Waals surface area (Å²) in [4.78, 5) is 25.2. The molecule has 0 saturated heterocycles. The zero-order valence-electron chi connectivity index (χ0n) is 34.0. The first-order valence-corrected chi connectivity index (χ1v) is 21.1. The van der Waals surface area contributed by atoms with E-state index in [9.17, 15) is 0 Å². The van der Waals surface area contributed by atoms with Gasteiger partial charge in [-0.3, -0.25) is 9.38 Å². The van der Waals surface area contributed by atoms with Gasteiger partial charge in [-0.15, -0.1) is 0 Å². The van der Waals surface area contributed by atoms with Crippen LogP contribution in [-0.2, 0) is 0 Å². The predicted molar refractivity (Wildman–Crippen MR) is 257 cm³/mol. The third-order valence-corrected chi connectivity index (χ3v) is 11.9. The van der Waals surface area contributed by atoms with Crippen molar-refractivity contribution < 1.29 is 0 Å². The summed E-state index contributed by atoms with van der Waals surface area (Å²) in [5, 5.41) is 4.55. The van der Waals surface area contributed by atoms with E-state index in [2.05, 4.69) is 192 Å². The van der Waals surface area contributed by atoms with Crippen LogP contribution in [0.5, 0.6) is 0 Å². The Kier molecular flexibility index (Phi) is 8.71. The molecule has 0 bridgehead atoms. The molecule has 0 N–H and O–H groups in total. The minimum Gasteiger partial charge on any atom is -0.299 e. The molecule has 6 nitrogen and oxygen atoms in total. The van der Waals surface area contributed by atoms with Gasteiger partial charge in [0, 0.05) is 45.4 Å². The summed E-state index contributed by atoms with van der Waals surface area (Å²) in [6.07, 6.45) is 3.94. The minimum absolute atomic E-state index is 0.610. The Bertz CT molecular complexity index is 3560. The molecule has 0 aliphatic heterocycles. The molecule has 4 heterocycles. The van der Waals surface area contributed by atoms with E-state index < -0.39 is 0 Å². The highest BCUT2D eigenvalue weighted by Gasteiger charge is 2.18. The van der Waals surface area contributed by atoms with E-state index in [1.54, 1.807) is 0 Å². The number of benzene rings is 8. The highest BCUT2D eigenvalue weighted by Crippen LogP contribution is 2.39. The molecule has 6 heteroatoms. The molecular formula is C57H36N6. The second-order valence-electron chi connectivity index (χ2n) is 15.8. The van der Waals surface area contributed by atoms with Gasteiger partial charge >= 0.3 is 0 Å². The van der Waals surface area contributed by atoms with E-state index in [0.717, 1.165) is 99.6 Å². The van der Waals surface area contributed by atoms with E-state index in [4.69, 9.17) is 19.9 Å². The lowest BCUT2D eigenvalue weighted by molar-refractivity contribution is 1.07. The van der Waals surface area contributed by atoms with Gasteiger partial charge in [-0.05, 0) is 92.7 Å². The number of rotatable bonds is 7. The zero-order chi connectivity index (χ0) is 41.7. The van der Waals surface area contributed by atoms with Crippen molar-refractivity contribution in [1.82, 2.24) is 29.3 Å². The van der Waals surface area contributed by atoms with Crippen molar-refractivity contribution >= 4 is 38.2 Å². The van der Waals surface area contributed by atoms with Crippen LogP contribution in [0.3, 0.4) is 0 Å². The van der Waals surface area contributed by atoms with Gasteiger partial charge in [-0.2, -0.15) is 0 Å². The van der Waals surface area contributed by atoms with Crippen LogP contribution in [0.25, 0.3) is 117 Å². The van der Waals surface area contributed by atoms with Crippen molar-refractivity contribution in [2.75, 3.05) is 0 Å². The highest BCUT2D eigenvalue weighted by molar-refractivity contribution is 6.25. The van der Waals surface area contributed by atoms with Gasteiger partial charge in [0.15, 0.2) is 17.5 Å². The molecule has 0 aliphatic rings. The van der Waals surface area contributed by atoms with E-state index >= 15 is 0 Å². The SMILES string of the molecule is c1ccc(-c2cccc(-c3nc(-c4ccc(-c5ccc6c(c5)c5cc(-c7ccccn7)ccc5c5nc7ccccn7c65)cc4)nc(-c4cccc(-c5ccccc5)c4)n3)c2)cc1. The van der Waals surface area contributed by atoms with Crippen molar-refractivity contribution in [2.24, 2.45) is 0 Å². The van der Waals surface area contributed by atoms with Crippen LogP contribution < -0.4 is 0 Å². The third-order valence-electron chi connectivity index (χ3n) is 11.9. The monoisotopic (exact) mass is 804 g/mol. The first-order chi connectivity index (χ1) is 31.2. The highest BCUT2D eigenvalue weighted by atomic mass is 15.0. The van der Waals surface area contributed by atoms with Gasteiger partial charge in [-0.25, -0.2) is 19.9 Å². The first kappa shape index (κ1) is 36.3. The number of fused-ring (bicyclic) bond motifs is 8. The molecule has 0 spiro atoms. The Labute approximate surface area is 363 Å². The van der Waals surface area contributed by atoms with Crippen molar-refractivity contribution in [1.29, 1.82) is 0 Å². The zero-order valence-corrected chi connectivity index (χ0v) is 34.0. The van der Waals surface area contributed by atoms with Crippen LogP contribution in [0.1, 0.15) is 0 Å². The predicted octanol–water partition coefficient (Wildman–Crippen LogP) is 14.0. The molecule has 12 rings (SSSR count). The lowest BCUT2D eigenvalue weighted by Crippen LogP contribution is -2.00. The van der Waals surface area contributed by atoms with Gasteiger partial charge < -0.3 is 0 Å². The number of hydrogen-bond donors (Lipinski definition) is 0. The van der Waals surface area contributed by atoms with Crippen molar-refractivity contribution in [3.8, 4) is 78.8 Å². The fraction of sp³-hybridized carbons (Fsp3) is 0. The van der Waals surface area contributed by atoms with Crippen LogP contribution in [0.2, 0.25) is 0 Å². The summed E-state index contributed by atoms with van der Waals surface area (Å²) in [7, 11) is 0. The summed E-state index contributed by atoms with van der Waals surface area (Å²) >= 11 is 0. The Morgan fingerprint density at radius 3 is 1.46 bits per heavy atom. The van der Waals surface area contributed by atoms with Crippen LogP contribution >= 0.6 is 0 Å². The Morgan fingerprint density at radius 1 is 0.302 bits per heavy atom. The van der Waals surface area contributed by atoms with E-state index in [-0.39, 0.29) is 0 Å². The molecule has 0 aliphatic carbocycles. The summed E-state index contributed by atoms with van der Waals surface area (Å²) < 4.78 is 2.20. The van der Waals surface area contributed by atoms with E-state index in [1.165, 1.54) is 0 Å². The van der Waals surface area contributed by atoms with Crippen LogP contribution in [0, 0.1) is 0 Å². The molecule has 0 radical (unpaired) electrons. The van der Waals surface area contributed by atoms with Gasteiger partial charge in [0.2, 0.25) is 0 Å². The summed E-state index contributed by atoms with van der Waals surface area (Å²) in [5.41, 5.74) is 14.4. The normalized spacial score (nSPS) is 11.5. The summed E-state index contributed by atoms with van der Waals surface area (Å²) in [6.45, 7) is 0. The maximum Gasteiger partial charge on any atom is 0.164 e. The van der Waals surface area contributed by atoms with Crippen LogP contribution in [-0.4, -0.2) is 29.3 Å². The molecule has 8 aromatic carbocycles. The molecule has 294 valence electrons. The molecule has 0 atom stereocenters. The van der Waals surface area contributed by atoms with Gasteiger partial charge in [0.05, 0.1) is 16.7 Å². The smallest absolute Gasteiger partial charge is 0.164 e. The van der Waals surface area contributed by atoms with Crippen LogP contribution in [0.4, 0.5) is 0 Å². The fourth-order valence-electron chi connectivity index (χ4n) is 8.77. The maximum atomic E-state index is 5.14. The van der Waals surface area contributed by atoms with Gasteiger partial charge in [-0.1, -0.05) is 158 Å². The number of pyridine rings is 2. The largest absolute Gasteiger partial charge is 0.299 e. The number of nitrogens with zero attached hydrogens (tertiary/aromatic N) is 6. The van der Waals surface area contributed by atoms with Crippen molar-refractivity contribution in [3.05, 3.63) is 219 Å². The summed E-state index contributed by atoms with van der Waals surface area (Å²) in [6, 6.07) is 71.8. The topological polar surface area (TPSA) is 68.9 Å². The second-order valence-corrected chi connectivity index (χ2v) is 15.8. The summed E-state index contributed by atoms with van der Waals surface area (Å²) in [5.74, 6) is 1.85. The molecular weight excluding hydrogens is 769 g/mol. The standard InChI is InChI=1S/C57H36N6/c1-3-13-37(14-4-1)41-17-11-19-45(33-41)56-60-55(61-57(62-56)46-20-12-18-42(34-46)38-15-5-2-6-16-38)40-25-23-39(24-26-40)43-27-30-48-50(35-43)49-36-44(51-21-7-9-31-58-51)28-29-47(49)53-54(48)63-32-10-8-22-52(63)59-53/h1-36H. The Hall–Kier alpha value is -8.61. The third kappa shape index (κ3) is 6.58. The van der Waals surface area contributed by atoms with Crippen molar-refractivity contribution in [3.63, 3.8) is 0 Å². The quantitative estimate of drug-likeness (QED) is 0.150. The second kappa shape index (κ2) is 15.1. The average Bonchev–Trinajstić information content (AvgIpc) is 3.77. The maximum absolute atomic E-state index is 5.14. The number of imidazole rings is 1. The number of hydrogen-bond acceptors (Lipinski definition) is 5. The fourth-order valence-corrected chi connectivity index (χ4v) is 8.77. The number of aromatic nitrogens is 6. The molecule has 0 fully saturated rings. The molecule has 4 aromatic heterocycles. The molecule has 0 unspecified atom stereocenters. The Balaban J connectivity index is 0.984. The lowest BCUT2D eigenvalue weighted by atomic mass is 9.94. The molecule has 12 aromatic rings.